The third-order valence-electron chi connectivity index (χ3n) is 9.60. The normalized spacial score (nSPS) is 19.4. The van der Waals surface area contributed by atoms with Crippen LogP contribution in [0.15, 0.2) is 59.5 Å². The van der Waals surface area contributed by atoms with Gasteiger partial charge in [-0.1, -0.05) is 36.4 Å². The van der Waals surface area contributed by atoms with E-state index in [1.165, 1.54) is 29.9 Å². The van der Waals surface area contributed by atoms with E-state index in [-0.39, 0.29) is 42.1 Å². The first-order chi connectivity index (χ1) is 24.1. The van der Waals surface area contributed by atoms with Crippen molar-refractivity contribution >= 4 is 23.9 Å². The summed E-state index contributed by atoms with van der Waals surface area (Å²) < 4.78 is 40.9. The predicted molar refractivity (Wildman–Crippen MR) is 178 cm³/mol. The Bertz CT molecular complexity index is 1950. The molecule has 1 aromatic heterocycles. The van der Waals surface area contributed by atoms with E-state index in [1.54, 1.807) is 43.9 Å². The maximum atomic E-state index is 14.4. The molecule has 4 heterocycles. The predicted octanol–water partition coefficient (Wildman–Crippen LogP) is 3.54. The van der Waals surface area contributed by atoms with Crippen LogP contribution in [0.2, 0.25) is 0 Å². The van der Waals surface area contributed by atoms with Crippen LogP contribution in [0.25, 0.3) is 0 Å². The van der Waals surface area contributed by atoms with Gasteiger partial charge >= 0.3 is 12.1 Å². The van der Waals surface area contributed by atoms with Gasteiger partial charge in [-0.3, -0.25) is 24.2 Å². The van der Waals surface area contributed by atoms with Crippen LogP contribution in [0.3, 0.4) is 0 Å². The van der Waals surface area contributed by atoms with Crippen LogP contribution in [0.4, 0.5) is 13.6 Å². The molecule has 2 aromatic carbocycles. The lowest BCUT2D eigenvalue weighted by atomic mass is 9.89. The maximum absolute atomic E-state index is 14.4. The summed E-state index contributed by atoms with van der Waals surface area (Å²) in [4.78, 5) is 73.3. The van der Waals surface area contributed by atoms with Crippen LogP contribution in [0, 0.1) is 11.6 Å². The van der Waals surface area contributed by atoms with Gasteiger partial charge in [0.1, 0.15) is 35.6 Å². The molecule has 3 aliphatic rings. The zero-order valence-electron chi connectivity index (χ0n) is 28.7. The lowest BCUT2D eigenvalue weighted by Gasteiger charge is -2.39. The SMILES string of the molecule is CN(C(=O)OC(C)(C)C)[C@@](COc1c2n(cc(C(=O)NCc3ccc(F)cc3F)c1=O)C[C@@H]1N(C[C@H]3CCCN31)C2=O)(C(=O)O)c1ccccc1. The number of nitrogens with one attached hydrogen (secondary N) is 1. The molecule has 6 rings (SSSR count). The highest BCUT2D eigenvalue weighted by Crippen LogP contribution is 2.37. The molecule has 3 aliphatic heterocycles. The first kappa shape index (κ1) is 35.5. The molecule has 3 atom stereocenters. The Morgan fingerprint density at radius 1 is 1.06 bits per heavy atom. The molecule has 2 fully saturated rings. The number of halogens is 2. The smallest absolute Gasteiger partial charge is 0.411 e. The highest BCUT2D eigenvalue weighted by molar-refractivity contribution is 5.99. The minimum absolute atomic E-state index is 0.0320. The average molecular weight is 708 g/mol. The number of aliphatic carboxylic acids is 1. The molecule has 0 saturated carbocycles. The Hall–Kier alpha value is -5.31. The van der Waals surface area contributed by atoms with Crippen molar-refractivity contribution in [3.63, 3.8) is 0 Å². The zero-order valence-corrected chi connectivity index (χ0v) is 28.7. The topological polar surface area (TPSA) is 151 Å². The number of benzene rings is 2. The summed E-state index contributed by atoms with van der Waals surface area (Å²) in [5.41, 5.74) is -4.83. The summed E-state index contributed by atoms with van der Waals surface area (Å²) in [5.74, 6) is -5.25. The summed E-state index contributed by atoms with van der Waals surface area (Å²) in [6.45, 7) is 4.99. The molecule has 270 valence electrons. The third kappa shape index (κ3) is 6.53. The molecule has 13 nitrogen and oxygen atoms in total. The molecule has 0 spiro atoms. The van der Waals surface area contributed by atoms with Crippen LogP contribution >= 0.6 is 0 Å². The van der Waals surface area contributed by atoms with Crippen LogP contribution in [-0.2, 0) is 28.2 Å². The fourth-order valence-electron chi connectivity index (χ4n) is 7.02. The van der Waals surface area contributed by atoms with Crippen molar-refractivity contribution in [3.8, 4) is 5.75 Å². The third-order valence-corrected chi connectivity index (χ3v) is 9.60. The van der Waals surface area contributed by atoms with Gasteiger partial charge in [0.05, 0.1) is 6.54 Å². The first-order valence-corrected chi connectivity index (χ1v) is 16.6. The van der Waals surface area contributed by atoms with Crippen molar-refractivity contribution in [1.82, 2.24) is 24.6 Å². The minimum atomic E-state index is -2.28. The Morgan fingerprint density at radius 3 is 2.45 bits per heavy atom. The molecular formula is C36H39F2N5O8. The van der Waals surface area contributed by atoms with Crippen molar-refractivity contribution in [3.05, 3.63) is 99.0 Å². The molecule has 0 radical (unpaired) electrons. The van der Waals surface area contributed by atoms with Gasteiger partial charge in [0.15, 0.2) is 11.4 Å². The summed E-state index contributed by atoms with van der Waals surface area (Å²) in [6.07, 6.45) is 1.75. The fraction of sp³-hybridized carbons (Fsp3) is 0.417. The van der Waals surface area contributed by atoms with Crippen molar-refractivity contribution in [2.24, 2.45) is 0 Å². The number of rotatable bonds is 9. The number of nitrogens with zero attached hydrogens (tertiary/aromatic N) is 4. The number of ether oxygens (including phenoxy) is 2. The number of carbonyl (C=O) groups excluding carboxylic acids is 3. The zero-order chi connectivity index (χ0) is 36.8. The van der Waals surface area contributed by atoms with E-state index in [4.69, 9.17) is 9.47 Å². The second kappa shape index (κ2) is 13.4. The van der Waals surface area contributed by atoms with E-state index in [0.29, 0.717) is 12.6 Å². The van der Waals surface area contributed by atoms with Crippen molar-refractivity contribution in [1.29, 1.82) is 0 Å². The molecular weight excluding hydrogens is 668 g/mol. The van der Waals surface area contributed by atoms with Crippen molar-refractivity contribution in [2.45, 2.75) is 70.0 Å². The molecule has 2 N–H and O–H groups in total. The molecule has 0 aliphatic carbocycles. The lowest BCUT2D eigenvalue weighted by Crippen LogP contribution is -2.57. The number of hydrogen-bond donors (Lipinski definition) is 2. The Kier molecular flexibility index (Phi) is 9.35. The summed E-state index contributed by atoms with van der Waals surface area (Å²) in [7, 11) is 1.23. The largest absolute Gasteiger partial charge is 0.484 e. The second-order valence-electron chi connectivity index (χ2n) is 14.0. The molecule has 2 saturated heterocycles. The van der Waals surface area contributed by atoms with E-state index in [2.05, 4.69) is 10.2 Å². The fourth-order valence-corrected chi connectivity index (χ4v) is 7.02. The van der Waals surface area contributed by atoms with Gasteiger partial charge < -0.3 is 29.4 Å². The first-order valence-electron chi connectivity index (χ1n) is 16.6. The Balaban J connectivity index is 1.43. The number of carbonyl (C=O) groups is 4. The van der Waals surface area contributed by atoms with E-state index in [1.807, 2.05) is 0 Å². The molecule has 51 heavy (non-hydrogen) atoms. The molecule has 15 heteroatoms. The van der Waals surface area contributed by atoms with Gasteiger partial charge in [-0.15, -0.1) is 0 Å². The lowest BCUT2D eigenvalue weighted by molar-refractivity contribution is -0.153. The second-order valence-corrected chi connectivity index (χ2v) is 14.0. The molecule has 3 aromatic rings. The van der Waals surface area contributed by atoms with Crippen LogP contribution < -0.4 is 15.5 Å². The number of amides is 3. The monoisotopic (exact) mass is 707 g/mol. The van der Waals surface area contributed by atoms with E-state index >= 15 is 0 Å². The van der Waals surface area contributed by atoms with E-state index in [0.717, 1.165) is 36.4 Å². The molecule has 0 unspecified atom stereocenters. The van der Waals surface area contributed by atoms with Gasteiger partial charge in [0, 0.05) is 50.6 Å². The van der Waals surface area contributed by atoms with Crippen molar-refractivity contribution in [2.75, 3.05) is 26.7 Å². The number of pyridine rings is 1. The number of hydrogen-bond acceptors (Lipinski definition) is 8. The summed E-state index contributed by atoms with van der Waals surface area (Å²) >= 11 is 0. The maximum Gasteiger partial charge on any atom is 0.411 e. The molecule has 0 bridgehead atoms. The quantitative estimate of drug-likeness (QED) is 0.341. The van der Waals surface area contributed by atoms with Crippen LogP contribution in [-0.4, -0.2) is 92.8 Å². The number of fused-ring (bicyclic) bond motifs is 4. The number of likely N-dealkylation sites (N-methyl/N-ethyl adjacent to an activating group) is 1. The van der Waals surface area contributed by atoms with Gasteiger partial charge in [-0.25, -0.2) is 18.4 Å². The van der Waals surface area contributed by atoms with Crippen LogP contribution in [0.5, 0.6) is 5.75 Å². The van der Waals surface area contributed by atoms with E-state index < -0.39 is 70.0 Å². The van der Waals surface area contributed by atoms with Gasteiger partial charge in [0.2, 0.25) is 11.0 Å². The summed E-state index contributed by atoms with van der Waals surface area (Å²) in [5, 5.41) is 13.3. The van der Waals surface area contributed by atoms with Gasteiger partial charge in [-0.05, 0) is 45.2 Å². The minimum Gasteiger partial charge on any atom is -0.484 e. The number of carboxylic acid groups (broad SMARTS) is 1. The summed E-state index contributed by atoms with van der Waals surface area (Å²) in [6, 6.07) is 10.7. The number of aromatic nitrogens is 1. The van der Waals surface area contributed by atoms with Gasteiger partial charge in [0.25, 0.3) is 11.8 Å². The standard InChI is InChI=1S/C36H39F2N5O8/c1-35(2,3)51-34(49)40(4)36(33(47)48,22-9-6-5-7-10-22)20-50-30-28-32(46)43-17-24-11-8-14-42(24)27(43)19-41(28)18-25(29(30)44)31(45)39-16-21-12-13-23(37)15-26(21)38/h5-7,9-10,12-13,15,18,24,27H,8,11,14,16-17,19-20H2,1-4H3,(H,39,45)(H,47,48)/t24-,27+,36-/m1/s1. The molecule has 3 amide bonds. The number of carboxylic acids is 1. The Morgan fingerprint density at radius 2 is 1.78 bits per heavy atom. The Labute approximate surface area is 292 Å². The highest BCUT2D eigenvalue weighted by atomic mass is 19.1. The van der Waals surface area contributed by atoms with Crippen LogP contribution in [0.1, 0.15) is 65.6 Å². The van der Waals surface area contributed by atoms with Crippen molar-refractivity contribution < 1.29 is 42.5 Å². The highest BCUT2D eigenvalue weighted by Gasteiger charge is 2.51. The average Bonchev–Trinajstić information content (AvgIpc) is 3.67. The van der Waals surface area contributed by atoms with Gasteiger partial charge in [-0.2, -0.15) is 0 Å². The van der Waals surface area contributed by atoms with E-state index in [9.17, 15) is 37.9 Å².